The van der Waals surface area contributed by atoms with Gasteiger partial charge in [0, 0.05) is 24.3 Å². The number of benzene rings is 2. The van der Waals surface area contributed by atoms with Gasteiger partial charge in [-0.3, -0.25) is 4.90 Å². The summed E-state index contributed by atoms with van der Waals surface area (Å²) in [4.78, 5) is 2.85. The first-order valence-electron chi connectivity index (χ1n) is 12.3. The molecule has 1 aliphatic carbocycles. The van der Waals surface area contributed by atoms with Gasteiger partial charge < -0.3 is 0 Å². The number of aryl methyl sites for hydroxylation is 1. The molecule has 0 fully saturated rings. The second-order valence-corrected chi connectivity index (χ2v) is 12.1. The molecule has 0 saturated heterocycles. The maximum Gasteiger partial charge on any atom is 0.263 e. The van der Waals surface area contributed by atoms with Gasteiger partial charge in [-0.25, -0.2) is 0 Å². The summed E-state index contributed by atoms with van der Waals surface area (Å²) >= 11 is 3.80. The molecule has 5 rings (SSSR count). The van der Waals surface area contributed by atoms with Crippen molar-refractivity contribution >= 4 is 45.1 Å². The Morgan fingerprint density at radius 2 is 1.82 bits per heavy atom. The number of aromatic nitrogens is 1. The number of hydrogen-bond donors (Lipinski definition) is 1. The number of rotatable bonds is 5. The Labute approximate surface area is 212 Å². The van der Waals surface area contributed by atoms with Crippen molar-refractivity contribution in [2.24, 2.45) is 5.41 Å². The van der Waals surface area contributed by atoms with E-state index in [1.807, 2.05) is 23.1 Å². The van der Waals surface area contributed by atoms with Crippen molar-refractivity contribution in [2.45, 2.75) is 52.0 Å². The molecule has 0 radical (unpaired) electrons. The predicted octanol–water partition coefficient (Wildman–Crippen LogP) is 7.08. The fraction of sp³-hybridized carbons (Fsp3) is 0.300. The van der Waals surface area contributed by atoms with Gasteiger partial charge in [0.25, 0.3) is 5.01 Å². The van der Waals surface area contributed by atoms with Gasteiger partial charge in [-0.2, -0.15) is 4.57 Å². The Morgan fingerprint density at radius 3 is 2.65 bits per heavy atom. The van der Waals surface area contributed by atoms with Crippen LogP contribution in [0.3, 0.4) is 0 Å². The SMILES string of the molecule is CC[n+]1c(C=C2C=C(C=CC=C3Sc4ccccc4[NH+]3CC)CC(C)(C)C2)sc2ccccc21. The Morgan fingerprint density at radius 1 is 1.03 bits per heavy atom. The second-order valence-electron chi connectivity index (χ2n) is 9.93. The first kappa shape index (κ1) is 23.3. The number of thioether (sulfide) groups is 1. The maximum atomic E-state index is 2.44. The van der Waals surface area contributed by atoms with Crippen LogP contribution in [0.4, 0.5) is 5.69 Å². The smallest absolute Gasteiger partial charge is 0.263 e. The molecular formula is C30H34N2S2+2. The number of para-hydroxylation sites is 2. The van der Waals surface area contributed by atoms with Crippen LogP contribution >= 0.6 is 23.1 Å². The topological polar surface area (TPSA) is 8.32 Å². The first-order chi connectivity index (χ1) is 16.5. The van der Waals surface area contributed by atoms with Crippen LogP contribution in [0.25, 0.3) is 16.3 Å². The number of quaternary nitrogens is 1. The van der Waals surface area contributed by atoms with Crippen LogP contribution in [0, 0.1) is 5.41 Å². The molecule has 1 N–H and O–H groups in total. The van der Waals surface area contributed by atoms with Crippen molar-refractivity contribution in [2.75, 3.05) is 6.54 Å². The fourth-order valence-electron chi connectivity index (χ4n) is 5.23. The summed E-state index contributed by atoms with van der Waals surface area (Å²) in [6, 6.07) is 17.5. The van der Waals surface area contributed by atoms with Gasteiger partial charge in [0.15, 0.2) is 10.7 Å². The van der Waals surface area contributed by atoms with Gasteiger partial charge >= 0.3 is 0 Å². The van der Waals surface area contributed by atoms with Gasteiger partial charge in [0.05, 0.1) is 11.4 Å². The van der Waals surface area contributed by atoms with E-state index in [1.54, 1.807) is 0 Å². The van der Waals surface area contributed by atoms with E-state index in [9.17, 15) is 0 Å². The van der Waals surface area contributed by atoms with Crippen molar-refractivity contribution in [1.82, 2.24) is 0 Å². The fourth-order valence-corrected chi connectivity index (χ4v) is 7.64. The highest BCUT2D eigenvalue weighted by Gasteiger charge is 2.29. The van der Waals surface area contributed by atoms with Crippen molar-refractivity contribution in [3.05, 3.63) is 94.0 Å². The van der Waals surface area contributed by atoms with E-state index in [1.165, 1.54) is 46.9 Å². The Hall–Kier alpha value is -2.40. The Kier molecular flexibility index (Phi) is 6.65. The van der Waals surface area contributed by atoms with Crippen molar-refractivity contribution in [3.63, 3.8) is 0 Å². The van der Waals surface area contributed by atoms with Crippen LogP contribution in [0.15, 0.2) is 93.9 Å². The normalized spacial score (nSPS) is 22.1. The molecule has 174 valence electrons. The van der Waals surface area contributed by atoms with Crippen LogP contribution in [-0.4, -0.2) is 6.54 Å². The molecule has 1 atom stereocenters. The second kappa shape index (κ2) is 9.69. The summed E-state index contributed by atoms with van der Waals surface area (Å²) in [5, 5.41) is 2.74. The highest BCUT2D eigenvalue weighted by atomic mass is 32.2. The molecule has 4 heteroatoms. The standard InChI is InChI=1S/C30H33N2S2/c1-5-31-24-13-7-9-15-26(24)33-28(31)17-11-12-22-18-23(21-30(3,4)20-22)19-29-32(6-2)25-14-8-10-16-27(25)34-29/h7-19H,5-6,20-21H2,1-4H3/q+1/p+1. The van der Waals surface area contributed by atoms with E-state index in [-0.39, 0.29) is 5.41 Å². The molecule has 0 amide bonds. The summed E-state index contributed by atoms with van der Waals surface area (Å²) in [5.74, 6) is 0. The van der Waals surface area contributed by atoms with Gasteiger partial charge in [-0.05, 0) is 67.1 Å². The average Bonchev–Trinajstić information content (AvgIpc) is 3.34. The molecule has 0 bridgehead atoms. The number of hydrogen-bond acceptors (Lipinski definition) is 2. The molecule has 2 aliphatic rings. The minimum atomic E-state index is 0.264. The van der Waals surface area contributed by atoms with Crippen molar-refractivity contribution in [1.29, 1.82) is 0 Å². The molecule has 1 unspecified atom stereocenters. The minimum absolute atomic E-state index is 0.264. The zero-order chi connectivity index (χ0) is 23.7. The molecular weight excluding hydrogens is 452 g/mol. The summed E-state index contributed by atoms with van der Waals surface area (Å²) in [6.45, 7) is 11.3. The van der Waals surface area contributed by atoms with E-state index >= 15 is 0 Å². The number of allylic oxidation sites excluding steroid dienone is 6. The minimum Gasteiger partial charge on any atom is -0.264 e. The van der Waals surface area contributed by atoms with Crippen molar-refractivity contribution < 1.29 is 9.47 Å². The van der Waals surface area contributed by atoms with Gasteiger partial charge in [-0.15, -0.1) is 0 Å². The number of fused-ring (bicyclic) bond motifs is 2. The lowest BCUT2D eigenvalue weighted by atomic mass is 9.75. The van der Waals surface area contributed by atoms with E-state index in [0.29, 0.717) is 0 Å². The lowest BCUT2D eigenvalue weighted by Gasteiger charge is -2.30. The largest absolute Gasteiger partial charge is 0.264 e. The summed E-state index contributed by atoms with van der Waals surface area (Å²) in [7, 11) is 0. The van der Waals surface area contributed by atoms with Crippen LogP contribution in [-0.2, 0) is 6.54 Å². The quantitative estimate of drug-likeness (QED) is 0.379. The number of nitrogens with zero attached hydrogens (tertiary/aromatic N) is 1. The number of thiazole rings is 1. The van der Waals surface area contributed by atoms with Crippen molar-refractivity contribution in [3.8, 4) is 0 Å². The molecule has 2 nitrogen and oxygen atoms in total. The first-order valence-corrected chi connectivity index (χ1v) is 13.9. The molecule has 2 heterocycles. The lowest BCUT2D eigenvalue weighted by Crippen LogP contribution is -3.03. The van der Waals surface area contributed by atoms with Gasteiger partial charge in [0.2, 0.25) is 5.52 Å². The Bertz CT molecular complexity index is 1340. The number of nitrogens with one attached hydrogen (secondary N) is 1. The highest BCUT2D eigenvalue weighted by Crippen LogP contribution is 2.40. The average molecular weight is 487 g/mol. The summed E-state index contributed by atoms with van der Waals surface area (Å²) in [5.41, 5.74) is 5.86. The third kappa shape index (κ3) is 4.72. The molecule has 1 aliphatic heterocycles. The monoisotopic (exact) mass is 486 g/mol. The van der Waals surface area contributed by atoms with E-state index < -0.39 is 0 Å². The zero-order valence-corrected chi connectivity index (χ0v) is 22.2. The van der Waals surface area contributed by atoms with E-state index in [0.717, 1.165) is 25.9 Å². The van der Waals surface area contributed by atoms with Crippen LogP contribution in [0.1, 0.15) is 45.5 Å². The highest BCUT2D eigenvalue weighted by molar-refractivity contribution is 8.03. The maximum absolute atomic E-state index is 2.44. The third-order valence-electron chi connectivity index (χ3n) is 6.64. The Balaban J connectivity index is 1.43. The lowest BCUT2D eigenvalue weighted by molar-refractivity contribution is -0.777. The molecule has 0 spiro atoms. The molecule has 2 aromatic carbocycles. The molecule has 1 aromatic heterocycles. The third-order valence-corrected chi connectivity index (χ3v) is 8.93. The van der Waals surface area contributed by atoms with Gasteiger partial charge in [0.1, 0.15) is 11.2 Å². The van der Waals surface area contributed by atoms with Crippen LogP contribution in [0.2, 0.25) is 0 Å². The predicted molar refractivity (Wildman–Crippen MR) is 147 cm³/mol. The molecule has 3 aromatic rings. The van der Waals surface area contributed by atoms with Crippen LogP contribution in [0.5, 0.6) is 0 Å². The summed E-state index contributed by atoms with van der Waals surface area (Å²) < 4.78 is 3.81. The van der Waals surface area contributed by atoms with Gasteiger partial charge in [-0.1, -0.05) is 67.7 Å². The van der Waals surface area contributed by atoms with E-state index in [4.69, 9.17) is 0 Å². The van der Waals surface area contributed by atoms with Crippen LogP contribution < -0.4 is 9.47 Å². The zero-order valence-electron chi connectivity index (χ0n) is 20.6. The van der Waals surface area contributed by atoms with E-state index in [2.05, 4.69) is 111 Å². The summed E-state index contributed by atoms with van der Waals surface area (Å²) in [6.07, 6.45) is 14.0. The molecule has 34 heavy (non-hydrogen) atoms. The molecule has 0 saturated carbocycles.